The third kappa shape index (κ3) is 4.06. The Kier molecular flexibility index (Phi) is 5.27. The summed E-state index contributed by atoms with van der Waals surface area (Å²) in [5.41, 5.74) is 2.32. The standard InChI is InChI=1S/C21H28N4O2/c1-15-22-19(17-11-18(26)12-17)13-21(23-15)25-9-7-24(8-10-25)14-16-5-3-4-6-20(16)27-2/h3-6,13,17-18,26H,7-12,14H2,1-2H3. The Morgan fingerprint density at radius 3 is 2.56 bits per heavy atom. The predicted molar refractivity (Wildman–Crippen MR) is 105 cm³/mol. The van der Waals surface area contributed by atoms with E-state index in [9.17, 15) is 5.11 Å². The summed E-state index contributed by atoms with van der Waals surface area (Å²) in [5.74, 6) is 3.18. The number of aliphatic hydroxyl groups excluding tert-OH is 1. The van der Waals surface area contributed by atoms with Crippen LogP contribution in [0.5, 0.6) is 5.75 Å². The monoisotopic (exact) mass is 368 g/mol. The Morgan fingerprint density at radius 2 is 1.85 bits per heavy atom. The number of nitrogens with zero attached hydrogens (tertiary/aromatic N) is 4. The van der Waals surface area contributed by atoms with Crippen molar-refractivity contribution in [1.82, 2.24) is 14.9 Å². The molecule has 0 atom stereocenters. The number of aliphatic hydroxyl groups is 1. The fourth-order valence-electron chi connectivity index (χ4n) is 3.98. The SMILES string of the molecule is COc1ccccc1CN1CCN(c2cc(C3CC(O)C3)nc(C)n2)CC1. The molecule has 1 aliphatic carbocycles. The van der Waals surface area contributed by atoms with E-state index in [2.05, 4.69) is 38.0 Å². The number of hydrogen-bond donors (Lipinski definition) is 1. The van der Waals surface area contributed by atoms with Crippen molar-refractivity contribution in [2.45, 2.75) is 38.3 Å². The van der Waals surface area contributed by atoms with Gasteiger partial charge >= 0.3 is 0 Å². The summed E-state index contributed by atoms with van der Waals surface area (Å²) in [6.45, 7) is 6.78. The van der Waals surface area contributed by atoms with Crippen LogP contribution in [-0.2, 0) is 6.54 Å². The first-order chi connectivity index (χ1) is 13.1. The van der Waals surface area contributed by atoms with Gasteiger partial charge in [0.2, 0.25) is 0 Å². The molecule has 2 aromatic rings. The van der Waals surface area contributed by atoms with Crippen molar-refractivity contribution in [3.63, 3.8) is 0 Å². The van der Waals surface area contributed by atoms with Gasteiger partial charge in [0, 0.05) is 56.0 Å². The predicted octanol–water partition coefficient (Wildman–Crippen LogP) is 2.35. The molecule has 6 heteroatoms. The number of para-hydroxylation sites is 1. The lowest BCUT2D eigenvalue weighted by Crippen LogP contribution is -2.46. The van der Waals surface area contributed by atoms with Crippen LogP contribution >= 0.6 is 0 Å². The number of anilines is 1. The summed E-state index contributed by atoms with van der Waals surface area (Å²) in [5, 5.41) is 9.59. The maximum absolute atomic E-state index is 9.59. The lowest BCUT2D eigenvalue weighted by atomic mass is 9.80. The number of piperazine rings is 1. The fraction of sp³-hybridized carbons (Fsp3) is 0.524. The van der Waals surface area contributed by atoms with E-state index in [1.54, 1.807) is 7.11 Å². The smallest absolute Gasteiger partial charge is 0.132 e. The molecule has 27 heavy (non-hydrogen) atoms. The van der Waals surface area contributed by atoms with Crippen molar-refractivity contribution in [2.24, 2.45) is 0 Å². The second kappa shape index (κ2) is 7.82. The van der Waals surface area contributed by atoms with E-state index in [0.29, 0.717) is 5.92 Å². The molecule has 1 saturated carbocycles. The number of methoxy groups -OCH3 is 1. The number of aryl methyl sites for hydroxylation is 1. The highest BCUT2D eigenvalue weighted by molar-refractivity contribution is 5.42. The van der Waals surface area contributed by atoms with Crippen molar-refractivity contribution in [3.8, 4) is 5.75 Å². The number of rotatable bonds is 5. The Labute approximate surface area is 160 Å². The first kappa shape index (κ1) is 18.2. The number of aromatic nitrogens is 2. The van der Waals surface area contributed by atoms with Gasteiger partial charge in [0.05, 0.1) is 13.2 Å². The molecule has 1 aliphatic heterocycles. The minimum atomic E-state index is -0.160. The molecule has 0 unspecified atom stereocenters. The number of ether oxygens (including phenoxy) is 1. The van der Waals surface area contributed by atoms with Crippen molar-refractivity contribution in [1.29, 1.82) is 0 Å². The van der Waals surface area contributed by atoms with E-state index in [0.717, 1.165) is 68.7 Å². The Morgan fingerprint density at radius 1 is 1.11 bits per heavy atom. The van der Waals surface area contributed by atoms with Gasteiger partial charge in [-0.1, -0.05) is 18.2 Å². The van der Waals surface area contributed by atoms with Gasteiger partial charge in [-0.25, -0.2) is 9.97 Å². The van der Waals surface area contributed by atoms with Gasteiger partial charge in [0.25, 0.3) is 0 Å². The molecule has 6 nitrogen and oxygen atoms in total. The Balaban J connectivity index is 1.39. The molecule has 0 amide bonds. The minimum Gasteiger partial charge on any atom is -0.496 e. The van der Waals surface area contributed by atoms with Crippen LogP contribution in [0.1, 0.15) is 35.8 Å². The third-order valence-electron chi connectivity index (χ3n) is 5.66. The molecule has 2 fully saturated rings. The molecule has 1 N–H and O–H groups in total. The van der Waals surface area contributed by atoms with Crippen LogP contribution in [0.15, 0.2) is 30.3 Å². The van der Waals surface area contributed by atoms with E-state index in [4.69, 9.17) is 4.74 Å². The van der Waals surface area contributed by atoms with Gasteiger partial charge in [-0.3, -0.25) is 4.90 Å². The molecule has 2 aliphatic rings. The van der Waals surface area contributed by atoms with Gasteiger partial charge in [-0.15, -0.1) is 0 Å². The molecule has 2 heterocycles. The van der Waals surface area contributed by atoms with E-state index in [1.807, 2.05) is 19.1 Å². The first-order valence-electron chi connectivity index (χ1n) is 9.75. The summed E-state index contributed by atoms with van der Waals surface area (Å²) in [6.07, 6.45) is 1.48. The summed E-state index contributed by atoms with van der Waals surface area (Å²) in [4.78, 5) is 14.1. The van der Waals surface area contributed by atoms with Crippen LogP contribution in [0.4, 0.5) is 5.82 Å². The lowest BCUT2D eigenvalue weighted by molar-refractivity contribution is 0.0731. The second-order valence-corrected chi connectivity index (χ2v) is 7.60. The highest BCUT2D eigenvalue weighted by Crippen LogP contribution is 2.36. The largest absolute Gasteiger partial charge is 0.496 e. The zero-order valence-corrected chi connectivity index (χ0v) is 16.1. The zero-order valence-electron chi connectivity index (χ0n) is 16.1. The summed E-state index contributed by atoms with van der Waals surface area (Å²) >= 11 is 0. The van der Waals surface area contributed by atoms with Gasteiger partial charge in [-0.05, 0) is 25.8 Å². The number of benzene rings is 1. The van der Waals surface area contributed by atoms with Gasteiger partial charge in [-0.2, -0.15) is 0 Å². The summed E-state index contributed by atoms with van der Waals surface area (Å²) in [7, 11) is 1.73. The average Bonchev–Trinajstić information content (AvgIpc) is 2.66. The quantitative estimate of drug-likeness (QED) is 0.874. The number of hydrogen-bond acceptors (Lipinski definition) is 6. The third-order valence-corrected chi connectivity index (χ3v) is 5.66. The van der Waals surface area contributed by atoms with Crippen molar-refractivity contribution < 1.29 is 9.84 Å². The van der Waals surface area contributed by atoms with Crippen molar-refractivity contribution in [2.75, 3.05) is 38.2 Å². The first-order valence-corrected chi connectivity index (χ1v) is 9.75. The zero-order chi connectivity index (χ0) is 18.8. The molecular weight excluding hydrogens is 340 g/mol. The Hall–Kier alpha value is -2.18. The van der Waals surface area contributed by atoms with Crippen LogP contribution in [0.25, 0.3) is 0 Å². The molecule has 1 aromatic carbocycles. The van der Waals surface area contributed by atoms with Crippen LogP contribution in [0, 0.1) is 6.92 Å². The highest BCUT2D eigenvalue weighted by atomic mass is 16.5. The molecule has 0 radical (unpaired) electrons. The molecule has 0 bridgehead atoms. The molecule has 1 aromatic heterocycles. The minimum absolute atomic E-state index is 0.160. The van der Waals surface area contributed by atoms with Crippen molar-refractivity contribution >= 4 is 5.82 Å². The highest BCUT2D eigenvalue weighted by Gasteiger charge is 2.30. The van der Waals surface area contributed by atoms with E-state index >= 15 is 0 Å². The van der Waals surface area contributed by atoms with Crippen LogP contribution < -0.4 is 9.64 Å². The maximum Gasteiger partial charge on any atom is 0.132 e. The summed E-state index contributed by atoms with van der Waals surface area (Å²) < 4.78 is 5.48. The Bertz CT molecular complexity index is 784. The van der Waals surface area contributed by atoms with Gasteiger partial charge in [0.15, 0.2) is 0 Å². The lowest BCUT2D eigenvalue weighted by Gasteiger charge is -2.36. The molecule has 0 spiro atoms. The van der Waals surface area contributed by atoms with E-state index in [-0.39, 0.29) is 6.10 Å². The van der Waals surface area contributed by atoms with Crippen molar-refractivity contribution in [3.05, 3.63) is 47.4 Å². The average molecular weight is 368 g/mol. The van der Waals surface area contributed by atoms with Crippen LogP contribution in [0.2, 0.25) is 0 Å². The molecule has 4 rings (SSSR count). The van der Waals surface area contributed by atoms with Crippen LogP contribution in [-0.4, -0.2) is 59.4 Å². The molecular formula is C21H28N4O2. The second-order valence-electron chi connectivity index (χ2n) is 7.60. The fourth-order valence-corrected chi connectivity index (χ4v) is 3.98. The van der Waals surface area contributed by atoms with E-state index < -0.39 is 0 Å². The van der Waals surface area contributed by atoms with E-state index in [1.165, 1.54) is 5.56 Å². The normalized spacial score (nSPS) is 23.1. The van der Waals surface area contributed by atoms with Gasteiger partial charge in [0.1, 0.15) is 17.4 Å². The maximum atomic E-state index is 9.59. The molecule has 144 valence electrons. The van der Waals surface area contributed by atoms with Gasteiger partial charge < -0.3 is 14.7 Å². The van der Waals surface area contributed by atoms with Crippen LogP contribution in [0.3, 0.4) is 0 Å². The summed E-state index contributed by atoms with van der Waals surface area (Å²) in [6, 6.07) is 10.4. The molecule has 1 saturated heterocycles. The topological polar surface area (TPSA) is 61.7 Å².